The molecule has 1 aromatic carbocycles. The molecule has 0 bridgehead atoms. The van der Waals surface area contributed by atoms with E-state index in [1.165, 1.54) is 0 Å². The van der Waals surface area contributed by atoms with E-state index in [0.29, 0.717) is 13.1 Å². The van der Waals surface area contributed by atoms with Gasteiger partial charge < -0.3 is 24.5 Å². The van der Waals surface area contributed by atoms with Gasteiger partial charge in [-0.15, -0.1) is 0 Å². The first-order valence-corrected chi connectivity index (χ1v) is 7.86. The van der Waals surface area contributed by atoms with Gasteiger partial charge in [-0.05, 0) is 26.0 Å². The molecule has 0 spiro atoms. The molecule has 6 heteroatoms. The maximum absolute atomic E-state index is 12.5. The second-order valence-electron chi connectivity index (χ2n) is 5.55. The summed E-state index contributed by atoms with van der Waals surface area (Å²) in [6.45, 7) is 4.63. The number of benzene rings is 1. The highest BCUT2D eigenvalue weighted by molar-refractivity contribution is 5.74. The minimum Gasteiger partial charge on any atom is -0.496 e. The van der Waals surface area contributed by atoms with Crippen LogP contribution in [0.3, 0.4) is 0 Å². The number of amides is 2. The zero-order valence-electron chi connectivity index (χ0n) is 14.3. The van der Waals surface area contributed by atoms with Crippen LogP contribution in [0.1, 0.15) is 22.6 Å². The van der Waals surface area contributed by atoms with Crippen molar-refractivity contribution in [3.8, 4) is 5.75 Å². The Morgan fingerprint density at radius 3 is 2.67 bits per heavy atom. The molecule has 1 heterocycles. The van der Waals surface area contributed by atoms with Crippen LogP contribution in [0.5, 0.6) is 5.75 Å². The molecule has 130 valence electrons. The standard InChI is InChI=1S/C18H24N2O4/c1-13-10-16(14(2)24-13)11-19-18(22)20(8-9-21)12-15-6-4-5-7-17(15)23-3/h4-7,10,21H,8-9,11-12H2,1-3H3,(H,19,22). The molecule has 1 aromatic heterocycles. The lowest BCUT2D eigenvalue weighted by molar-refractivity contribution is 0.173. The number of aliphatic hydroxyl groups is 1. The van der Waals surface area contributed by atoms with Crippen molar-refractivity contribution in [3.05, 3.63) is 53.0 Å². The van der Waals surface area contributed by atoms with Crippen LogP contribution in [-0.2, 0) is 13.1 Å². The average Bonchev–Trinajstić information content (AvgIpc) is 2.90. The van der Waals surface area contributed by atoms with Gasteiger partial charge in [-0.2, -0.15) is 0 Å². The van der Waals surface area contributed by atoms with Gasteiger partial charge in [-0.25, -0.2) is 4.79 Å². The minimum atomic E-state index is -0.242. The first-order chi connectivity index (χ1) is 11.5. The second kappa shape index (κ2) is 8.40. The Bertz CT molecular complexity index is 681. The van der Waals surface area contributed by atoms with E-state index in [-0.39, 0.29) is 19.2 Å². The zero-order chi connectivity index (χ0) is 17.5. The van der Waals surface area contributed by atoms with Crippen molar-refractivity contribution in [1.82, 2.24) is 10.2 Å². The molecule has 24 heavy (non-hydrogen) atoms. The predicted octanol–water partition coefficient (Wildman–Crippen LogP) is 2.61. The third-order valence-electron chi connectivity index (χ3n) is 3.78. The molecule has 0 saturated carbocycles. The Labute approximate surface area is 142 Å². The Balaban J connectivity index is 2.03. The smallest absolute Gasteiger partial charge is 0.318 e. The molecule has 0 aliphatic heterocycles. The minimum absolute atomic E-state index is 0.105. The maximum atomic E-state index is 12.5. The first-order valence-electron chi connectivity index (χ1n) is 7.86. The molecule has 0 aliphatic carbocycles. The number of aliphatic hydroxyl groups excluding tert-OH is 1. The van der Waals surface area contributed by atoms with Crippen molar-refractivity contribution in [2.24, 2.45) is 0 Å². The molecule has 2 N–H and O–H groups in total. The highest BCUT2D eigenvalue weighted by Gasteiger charge is 2.16. The summed E-state index contributed by atoms with van der Waals surface area (Å²) in [5, 5.41) is 12.1. The number of hydrogen-bond acceptors (Lipinski definition) is 4. The fourth-order valence-corrected chi connectivity index (χ4v) is 2.55. The molecule has 0 radical (unpaired) electrons. The van der Waals surface area contributed by atoms with Crippen LogP contribution in [0.15, 0.2) is 34.7 Å². The van der Waals surface area contributed by atoms with Gasteiger partial charge in [-0.1, -0.05) is 18.2 Å². The molecule has 0 atom stereocenters. The molecule has 0 saturated heterocycles. The number of carbonyl (C=O) groups excluding carboxylic acids is 1. The largest absolute Gasteiger partial charge is 0.496 e. The van der Waals surface area contributed by atoms with E-state index in [9.17, 15) is 9.90 Å². The number of carbonyl (C=O) groups is 1. The van der Waals surface area contributed by atoms with Gasteiger partial charge >= 0.3 is 6.03 Å². The second-order valence-corrected chi connectivity index (χ2v) is 5.55. The summed E-state index contributed by atoms with van der Waals surface area (Å²) in [5.41, 5.74) is 1.83. The van der Waals surface area contributed by atoms with Crippen molar-refractivity contribution in [3.63, 3.8) is 0 Å². The van der Waals surface area contributed by atoms with E-state index < -0.39 is 0 Å². The van der Waals surface area contributed by atoms with Crippen molar-refractivity contribution in [2.45, 2.75) is 26.9 Å². The van der Waals surface area contributed by atoms with Crippen molar-refractivity contribution in [2.75, 3.05) is 20.3 Å². The summed E-state index contributed by atoms with van der Waals surface area (Å²) in [6.07, 6.45) is 0. The number of ether oxygens (including phenoxy) is 1. The van der Waals surface area contributed by atoms with E-state index >= 15 is 0 Å². The van der Waals surface area contributed by atoms with Gasteiger partial charge in [0, 0.05) is 24.2 Å². The van der Waals surface area contributed by atoms with Gasteiger partial charge in [0.05, 0.1) is 20.3 Å². The van der Waals surface area contributed by atoms with Gasteiger partial charge in [0.2, 0.25) is 0 Å². The quantitative estimate of drug-likeness (QED) is 0.817. The van der Waals surface area contributed by atoms with Gasteiger partial charge in [0.1, 0.15) is 17.3 Å². The molecule has 0 unspecified atom stereocenters. The molecule has 0 fully saturated rings. The maximum Gasteiger partial charge on any atom is 0.318 e. The number of furan rings is 1. The van der Waals surface area contributed by atoms with Crippen LogP contribution in [0.25, 0.3) is 0 Å². The van der Waals surface area contributed by atoms with E-state index in [2.05, 4.69) is 5.32 Å². The van der Waals surface area contributed by atoms with Crippen LogP contribution in [0, 0.1) is 13.8 Å². The van der Waals surface area contributed by atoms with E-state index in [4.69, 9.17) is 9.15 Å². The number of rotatable bonds is 7. The number of nitrogens with one attached hydrogen (secondary N) is 1. The lowest BCUT2D eigenvalue weighted by atomic mass is 10.2. The van der Waals surface area contributed by atoms with Crippen LogP contribution in [-0.4, -0.2) is 36.3 Å². The lowest BCUT2D eigenvalue weighted by Crippen LogP contribution is -2.40. The van der Waals surface area contributed by atoms with E-state index in [1.54, 1.807) is 12.0 Å². The Hall–Kier alpha value is -2.47. The summed E-state index contributed by atoms with van der Waals surface area (Å²) in [4.78, 5) is 14.0. The normalized spacial score (nSPS) is 10.5. The van der Waals surface area contributed by atoms with Crippen LogP contribution in [0.4, 0.5) is 4.79 Å². The number of methoxy groups -OCH3 is 1. The highest BCUT2D eigenvalue weighted by atomic mass is 16.5. The van der Waals surface area contributed by atoms with Crippen molar-refractivity contribution in [1.29, 1.82) is 0 Å². The number of aryl methyl sites for hydroxylation is 2. The lowest BCUT2D eigenvalue weighted by Gasteiger charge is -2.23. The summed E-state index contributed by atoms with van der Waals surface area (Å²) < 4.78 is 10.8. The third-order valence-corrected chi connectivity index (χ3v) is 3.78. The summed E-state index contributed by atoms with van der Waals surface area (Å²) >= 11 is 0. The van der Waals surface area contributed by atoms with Crippen LogP contribution < -0.4 is 10.1 Å². The number of para-hydroxylation sites is 1. The Morgan fingerprint density at radius 2 is 2.04 bits per heavy atom. The van der Waals surface area contributed by atoms with Gasteiger partial charge in [-0.3, -0.25) is 0 Å². The average molecular weight is 332 g/mol. The zero-order valence-corrected chi connectivity index (χ0v) is 14.3. The van der Waals surface area contributed by atoms with Crippen LogP contribution in [0.2, 0.25) is 0 Å². The molecular weight excluding hydrogens is 308 g/mol. The summed E-state index contributed by atoms with van der Waals surface area (Å²) in [7, 11) is 1.60. The highest BCUT2D eigenvalue weighted by Crippen LogP contribution is 2.19. The number of nitrogens with zero attached hydrogens (tertiary/aromatic N) is 1. The van der Waals surface area contributed by atoms with Gasteiger partial charge in [0.25, 0.3) is 0 Å². The first kappa shape index (κ1) is 17.9. The fourth-order valence-electron chi connectivity index (χ4n) is 2.55. The number of urea groups is 1. The predicted molar refractivity (Wildman–Crippen MR) is 90.9 cm³/mol. The molecule has 0 aliphatic rings. The Morgan fingerprint density at radius 1 is 1.29 bits per heavy atom. The van der Waals surface area contributed by atoms with Gasteiger partial charge in [0.15, 0.2) is 0 Å². The molecule has 2 aromatic rings. The Kier molecular flexibility index (Phi) is 6.26. The summed E-state index contributed by atoms with van der Waals surface area (Å²) in [5.74, 6) is 2.33. The molecular formula is C18H24N2O4. The number of hydrogen-bond donors (Lipinski definition) is 2. The van der Waals surface area contributed by atoms with Crippen molar-refractivity contribution >= 4 is 6.03 Å². The van der Waals surface area contributed by atoms with E-state index in [1.807, 2.05) is 44.2 Å². The fraction of sp³-hybridized carbons (Fsp3) is 0.389. The molecule has 2 rings (SSSR count). The van der Waals surface area contributed by atoms with Crippen molar-refractivity contribution < 1.29 is 19.1 Å². The SMILES string of the molecule is COc1ccccc1CN(CCO)C(=O)NCc1cc(C)oc1C. The van der Waals surface area contributed by atoms with E-state index in [0.717, 1.165) is 28.4 Å². The third kappa shape index (κ3) is 4.52. The molecule has 6 nitrogen and oxygen atoms in total. The van der Waals surface area contributed by atoms with Crippen LogP contribution >= 0.6 is 0 Å². The topological polar surface area (TPSA) is 74.9 Å². The summed E-state index contributed by atoms with van der Waals surface area (Å²) in [6, 6.07) is 9.19. The molecule has 2 amide bonds. The monoisotopic (exact) mass is 332 g/mol.